The Morgan fingerprint density at radius 1 is 1.18 bits per heavy atom. The summed E-state index contributed by atoms with van der Waals surface area (Å²) in [6.07, 6.45) is 0.225. The molecular formula is C20H18FN3O4. The molecule has 0 aliphatic heterocycles. The zero-order valence-electron chi connectivity index (χ0n) is 15.1. The van der Waals surface area contributed by atoms with Gasteiger partial charge in [-0.15, -0.1) is 0 Å². The smallest absolute Gasteiger partial charge is 0.326 e. The molecule has 1 atom stereocenters. The largest absolute Gasteiger partial charge is 0.451 e. The van der Waals surface area contributed by atoms with Crippen LogP contribution >= 0.6 is 0 Å². The highest BCUT2D eigenvalue weighted by Gasteiger charge is 2.18. The van der Waals surface area contributed by atoms with E-state index in [1.165, 1.54) is 25.4 Å². The lowest BCUT2D eigenvalue weighted by Crippen LogP contribution is -2.37. The normalized spacial score (nSPS) is 11.8. The first-order valence-electron chi connectivity index (χ1n) is 8.60. The van der Waals surface area contributed by atoms with Gasteiger partial charge in [0, 0.05) is 6.54 Å². The van der Waals surface area contributed by atoms with Crippen LogP contribution in [0.15, 0.2) is 59.7 Å². The molecule has 0 bridgehead atoms. The third-order valence-electron chi connectivity index (χ3n) is 4.09. The lowest BCUT2D eigenvalue weighted by Gasteiger charge is -2.14. The zero-order valence-corrected chi connectivity index (χ0v) is 15.1. The Morgan fingerprint density at radius 3 is 2.64 bits per heavy atom. The third-order valence-corrected chi connectivity index (χ3v) is 4.09. The Bertz CT molecular complexity index is 1060. The molecule has 3 aromatic rings. The first-order valence-corrected chi connectivity index (χ1v) is 8.60. The highest BCUT2D eigenvalue weighted by molar-refractivity contribution is 5.83. The van der Waals surface area contributed by atoms with Crippen molar-refractivity contribution in [3.8, 4) is 0 Å². The predicted molar refractivity (Wildman–Crippen MR) is 99.8 cm³/mol. The first-order chi connectivity index (χ1) is 13.4. The Morgan fingerprint density at radius 2 is 1.89 bits per heavy atom. The summed E-state index contributed by atoms with van der Waals surface area (Å²) in [6, 6.07) is 12.5. The maximum atomic E-state index is 12.9. The van der Waals surface area contributed by atoms with E-state index in [4.69, 9.17) is 4.74 Å². The molecule has 0 saturated carbocycles. The number of aromatic nitrogens is 2. The Labute approximate surface area is 159 Å². The maximum absolute atomic E-state index is 12.9. The molecule has 7 nitrogen and oxygen atoms in total. The minimum Gasteiger partial charge on any atom is -0.451 e. The molecule has 28 heavy (non-hydrogen) atoms. The molecule has 2 aromatic carbocycles. The van der Waals surface area contributed by atoms with Crippen molar-refractivity contribution in [3.63, 3.8) is 0 Å². The van der Waals surface area contributed by atoms with Crippen LogP contribution in [0.3, 0.4) is 0 Å². The minimum absolute atomic E-state index is 0.176. The maximum Gasteiger partial charge on any atom is 0.326 e. The summed E-state index contributed by atoms with van der Waals surface area (Å²) in [5, 5.41) is 3.00. The summed E-state index contributed by atoms with van der Waals surface area (Å²) >= 11 is 0. The van der Waals surface area contributed by atoms with Crippen molar-refractivity contribution in [2.45, 2.75) is 26.1 Å². The fourth-order valence-electron chi connectivity index (χ4n) is 2.58. The Balaban J connectivity index is 1.56. The topological polar surface area (TPSA) is 90.3 Å². The number of amides is 1. The van der Waals surface area contributed by atoms with Gasteiger partial charge >= 0.3 is 5.97 Å². The summed E-state index contributed by atoms with van der Waals surface area (Å²) in [5.41, 5.74) is 0.878. The van der Waals surface area contributed by atoms with Gasteiger partial charge in [0.25, 0.3) is 11.5 Å². The van der Waals surface area contributed by atoms with Gasteiger partial charge in [-0.05, 0) is 36.8 Å². The number of ether oxygens (including phenoxy) is 1. The molecule has 0 fully saturated rings. The van der Waals surface area contributed by atoms with Crippen molar-refractivity contribution < 1.29 is 18.7 Å². The van der Waals surface area contributed by atoms with E-state index >= 15 is 0 Å². The molecule has 0 unspecified atom stereocenters. The van der Waals surface area contributed by atoms with Gasteiger partial charge in [0.05, 0.1) is 17.2 Å². The fourth-order valence-corrected chi connectivity index (χ4v) is 2.58. The van der Waals surface area contributed by atoms with E-state index in [0.29, 0.717) is 16.5 Å². The number of halogens is 1. The summed E-state index contributed by atoms with van der Waals surface area (Å²) in [6.45, 7) is 1.25. The van der Waals surface area contributed by atoms with Gasteiger partial charge < -0.3 is 10.1 Å². The molecule has 8 heteroatoms. The van der Waals surface area contributed by atoms with E-state index in [9.17, 15) is 18.8 Å². The number of carbonyl (C=O) groups excluding carboxylic acids is 2. The molecule has 144 valence electrons. The molecular weight excluding hydrogens is 365 g/mol. The number of hydrogen-bond donors (Lipinski definition) is 1. The van der Waals surface area contributed by atoms with Crippen LogP contribution in [0.5, 0.6) is 0 Å². The molecule has 1 N–H and O–H groups in total. The number of esters is 1. The van der Waals surface area contributed by atoms with Crippen LogP contribution in [0.4, 0.5) is 4.39 Å². The molecule has 0 saturated heterocycles. The molecule has 3 rings (SSSR count). The number of nitrogens with zero attached hydrogens (tertiary/aromatic N) is 2. The summed E-state index contributed by atoms with van der Waals surface area (Å²) in [4.78, 5) is 40.7. The van der Waals surface area contributed by atoms with E-state index in [2.05, 4.69) is 10.3 Å². The van der Waals surface area contributed by atoms with Gasteiger partial charge in [-0.25, -0.2) is 9.37 Å². The number of rotatable bonds is 6. The van der Waals surface area contributed by atoms with Crippen molar-refractivity contribution >= 4 is 22.8 Å². The third kappa shape index (κ3) is 4.59. The van der Waals surface area contributed by atoms with E-state index in [1.807, 2.05) is 0 Å². The minimum atomic E-state index is -1.04. The summed E-state index contributed by atoms with van der Waals surface area (Å²) in [5.74, 6) is -1.60. The number of nitrogens with one attached hydrogen (secondary N) is 1. The van der Waals surface area contributed by atoms with Gasteiger partial charge in [0.1, 0.15) is 12.4 Å². The molecule has 1 heterocycles. The van der Waals surface area contributed by atoms with Gasteiger partial charge in [-0.3, -0.25) is 19.0 Å². The first kappa shape index (κ1) is 19.2. The van der Waals surface area contributed by atoms with Crippen LogP contribution in [-0.2, 0) is 27.4 Å². The van der Waals surface area contributed by atoms with Crippen molar-refractivity contribution in [1.29, 1.82) is 0 Å². The van der Waals surface area contributed by atoms with Gasteiger partial charge in [-0.2, -0.15) is 0 Å². The van der Waals surface area contributed by atoms with Crippen LogP contribution in [-0.4, -0.2) is 27.5 Å². The number of carbonyl (C=O) groups is 2. The zero-order chi connectivity index (χ0) is 20.1. The lowest BCUT2D eigenvalue weighted by molar-refractivity contribution is -0.155. The molecule has 0 aliphatic rings. The van der Waals surface area contributed by atoms with E-state index in [0.717, 1.165) is 4.57 Å². The van der Waals surface area contributed by atoms with Crippen LogP contribution in [0.2, 0.25) is 0 Å². The number of hydrogen-bond acceptors (Lipinski definition) is 5. The van der Waals surface area contributed by atoms with E-state index in [1.54, 1.807) is 36.4 Å². The second-order valence-corrected chi connectivity index (χ2v) is 6.17. The molecule has 0 aliphatic carbocycles. The molecule has 0 spiro atoms. The monoisotopic (exact) mass is 383 g/mol. The van der Waals surface area contributed by atoms with E-state index in [-0.39, 0.29) is 24.5 Å². The van der Waals surface area contributed by atoms with E-state index < -0.39 is 18.0 Å². The second kappa shape index (κ2) is 8.43. The highest BCUT2D eigenvalue weighted by atomic mass is 19.1. The standard InChI is InChI=1S/C20H18FN3O4/c1-13(19(26)22-10-14-6-8-15(21)9-7-14)28-18(25)11-24-12-23-17-5-3-2-4-16(17)20(24)27/h2-9,12-13H,10-11H2,1H3,(H,22,26)/t13-/m1/s1. The molecule has 0 radical (unpaired) electrons. The quantitative estimate of drug-likeness (QED) is 0.656. The summed E-state index contributed by atoms with van der Waals surface area (Å²) in [7, 11) is 0. The van der Waals surface area contributed by atoms with Gasteiger partial charge in [0.2, 0.25) is 0 Å². The second-order valence-electron chi connectivity index (χ2n) is 6.17. The number of fused-ring (bicyclic) bond motifs is 1. The number of para-hydroxylation sites is 1. The van der Waals surface area contributed by atoms with Gasteiger partial charge in [0.15, 0.2) is 6.10 Å². The Hall–Kier alpha value is -3.55. The summed E-state index contributed by atoms with van der Waals surface area (Å²) < 4.78 is 19.1. The predicted octanol–water partition coefficient (Wildman–Crippen LogP) is 1.78. The van der Waals surface area contributed by atoms with Gasteiger partial charge in [-0.1, -0.05) is 24.3 Å². The SMILES string of the molecule is C[C@@H](OC(=O)Cn1cnc2ccccc2c1=O)C(=O)NCc1ccc(F)cc1. The van der Waals surface area contributed by atoms with Crippen molar-refractivity contribution in [2.75, 3.05) is 0 Å². The van der Waals surface area contributed by atoms with Crippen LogP contribution in [0.25, 0.3) is 10.9 Å². The lowest BCUT2D eigenvalue weighted by atomic mass is 10.2. The molecule has 1 aromatic heterocycles. The van der Waals surface area contributed by atoms with Crippen LogP contribution in [0.1, 0.15) is 12.5 Å². The Kier molecular flexibility index (Phi) is 5.78. The number of benzene rings is 2. The fraction of sp³-hybridized carbons (Fsp3) is 0.200. The molecule has 1 amide bonds. The van der Waals surface area contributed by atoms with Crippen molar-refractivity contribution in [2.24, 2.45) is 0 Å². The van der Waals surface area contributed by atoms with Crippen LogP contribution in [0, 0.1) is 5.82 Å². The highest BCUT2D eigenvalue weighted by Crippen LogP contribution is 2.05. The average Bonchev–Trinajstić information content (AvgIpc) is 2.69. The average molecular weight is 383 g/mol. The van der Waals surface area contributed by atoms with Crippen molar-refractivity contribution in [3.05, 3.63) is 76.6 Å². The van der Waals surface area contributed by atoms with Crippen molar-refractivity contribution in [1.82, 2.24) is 14.9 Å². The van der Waals surface area contributed by atoms with Crippen LogP contribution < -0.4 is 10.9 Å².